The van der Waals surface area contributed by atoms with E-state index in [1.807, 2.05) is 0 Å². The summed E-state index contributed by atoms with van der Waals surface area (Å²) in [6, 6.07) is 1.35. The van der Waals surface area contributed by atoms with Gasteiger partial charge in [0.05, 0.1) is 10.6 Å². The highest BCUT2D eigenvalue weighted by Gasteiger charge is 2.32. The molecule has 1 rings (SSSR count). The van der Waals surface area contributed by atoms with Gasteiger partial charge in [-0.1, -0.05) is 11.6 Å². The normalized spacial score (nSPS) is 11.6. The Morgan fingerprint density at radius 1 is 1.44 bits per heavy atom. The van der Waals surface area contributed by atoms with Crippen LogP contribution in [-0.4, -0.2) is 10.9 Å². The van der Waals surface area contributed by atoms with Crippen LogP contribution < -0.4 is 0 Å². The molecule has 0 fully saturated rings. The third kappa shape index (κ3) is 2.88. The van der Waals surface area contributed by atoms with Crippen molar-refractivity contribution in [1.29, 1.82) is 0 Å². The van der Waals surface area contributed by atoms with E-state index in [9.17, 15) is 23.1 Å². The highest BCUT2D eigenvalue weighted by molar-refractivity contribution is 6.32. The van der Waals surface area contributed by atoms with Crippen LogP contribution in [0.1, 0.15) is 18.1 Å². The Morgan fingerprint density at radius 2 is 2.00 bits per heavy atom. The van der Waals surface area contributed by atoms with Gasteiger partial charge in [-0.2, -0.15) is 13.2 Å². The van der Waals surface area contributed by atoms with E-state index in [-0.39, 0.29) is 17.8 Å². The fourth-order valence-corrected chi connectivity index (χ4v) is 1.46. The van der Waals surface area contributed by atoms with Gasteiger partial charge in [0.2, 0.25) is 0 Å². The Balaban J connectivity index is 3.27. The first-order valence-corrected chi connectivity index (χ1v) is 4.67. The summed E-state index contributed by atoms with van der Waals surface area (Å²) in [5.41, 5.74) is -1.10. The minimum atomic E-state index is -4.55. The molecule has 0 saturated heterocycles. The molecule has 0 aliphatic heterocycles. The lowest BCUT2D eigenvalue weighted by molar-refractivity contribution is -0.137. The van der Waals surface area contributed by atoms with Crippen LogP contribution in [0.5, 0.6) is 5.75 Å². The zero-order valence-corrected chi connectivity index (χ0v) is 8.99. The molecule has 0 heterocycles. The molecule has 88 valence electrons. The van der Waals surface area contributed by atoms with Gasteiger partial charge in [-0.05, 0) is 19.1 Å². The van der Waals surface area contributed by atoms with Gasteiger partial charge < -0.3 is 5.11 Å². The number of Topliss-reactive ketones (excluding diaryl/α,β-unsaturated/α-hetero) is 1. The number of hydrogen-bond donors (Lipinski definition) is 1. The van der Waals surface area contributed by atoms with Crippen molar-refractivity contribution in [1.82, 2.24) is 0 Å². The van der Waals surface area contributed by atoms with Crippen molar-refractivity contribution in [3.8, 4) is 5.75 Å². The second kappa shape index (κ2) is 4.33. The van der Waals surface area contributed by atoms with E-state index in [0.29, 0.717) is 6.07 Å². The zero-order valence-electron chi connectivity index (χ0n) is 8.23. The molecule has 1 aromatic carbocycles. The van der Waals surface area contributed by atoms with Crippen molar-refractivity contribution in [2.45, 2.75) is 19.5 Å². The van der Waals surface area contributed by atoms with E-state index >= 15 is 0 Å². The Labute approximate surface area is 94.6 Å². The highest BCUT2D eigenvalue weighted by Crippen LogP contribution is 2.37. The summed E-state index contributed by atoms with van der Waals surface area (Å²) in [4.78, 5) is 10.8. The van der Waals surface area contributed by atoms with Crippen molar-refractivity contribution < 1.29 is 23.1 Å². The smallest absolute Gasteiger partial charge is 0.416 e. The number of benzene rings is 1. The molecular weight excluding hydrogens is 245 g/mol. The third-order valence-electron chi connectivity index (χ3n) is 1.91. The second-order valence-electron chi connectivity index (χ2n) is 3.34. The lowest BCUT2D eigenvalue weighted by atomic mass is 10.0. The predicted molar refractivity (Wildman–Crippen MR) is 52.5 cm³/mol. The number of carbonyl (C=O) groups is 1. The first-order chi connectivity index (χ1) is 7.21. The van der Waals surface area contributed by atoms with Crippen molar-refractivity contribution in [2.24, 2.45) is 0 Å². The molecule has 0 saturated carbocycles. The maximum Gasteiger partial charge on any atom is 0.416 e. The summed E-state index contributed by atoms with van der Waals surface area (Å²) in [7, 11) is 0. The monoisotopic (exact) mass is 252 g/mol. The fourth-order valence-electron chi connectivity index (χ4n) is 1.22. The van der Waals surface area contributed by atoms with E-state index in [1.165, 1.54) is 6.92 Å². The first-order valence-electron chi connectivity index (χ1n) is 4.30. The quantitative estimate of drug-likeness (QED) is 0.878. The Morgan fingerprint density at radius 3 is 2.44 bits per heavy atom. The molecule has 0 spiro atoms. The highest BCUT2D eigenvalue weighted by atomic mass is 35.5. The number of phenols is 1. The summed E-state index contributed by atoms with van der Waals surface area (Å²) in [6.07, 6.45) is -4.83. The van der Waals surface area contributed by atoms with Gasteiger partial charge in [-0.25, -0.2) is 0 Å². The van der Waals surface area contributed by atoms with Crippen molar-refractivity contribution >= 4 is 17.4 Å². The molecule has 1 N–H and O–H groups in total. The Hall–Kier alpha value is -1.23. The van der Waals surface area contributed by atoms with E-state index in [0.717, 1.165) is 6.07 Å². The lowest BCUT2D eigenvalue weighted by Gasteiger charge is -2.11. The van der Waals surface area contributed by atoms with Crippen LogP contribution in [0.4, 0.5) is 13.2 Å². The summed E-state index contributed by atoms with van der Waals surface area (Å²) < 4.78 is 37.2. The Kier molecular flexibility index (Phi) is 3.48. The van der Waals surface area contributed by atoms with Gasteiger partial charge in [0.25, 0.3) is 0 Å². The number of alkyl halides is 3. The van der Waals surface area contributed by atoms with E-state index in [1.54, 1.807) is 0 Å². The van der Waals surface area contributed by atoms with Crippen LogP contribution in [0.25, 0.3) is 0 Å². The topological polar surface area (TPSA) is 37.3 Å². The lowest BCUT2D eigenvalue weighted by Crippen LogP contribution is -2.07. The Bertz CT molecular complexity index is 427. The molecule has 0 unspecified atom stereocenters. The van der Waals surface area contributed by atoms with Gasteiger partial charge in [-0.3, -0.25) is 4.79 Å². The zero-order chi connectivity index (χ0) is 12.5. The molecule has 0 aliphatic carbocycles. The number of hydrogen-bond acceptors (Lipinski definition) is 2. The summed E-state index contributed by atoms with van der Waals surface area (Å²) >= 11 is 5.45. The average Bonchev–Trinajstić information content (AvgIpc) is 2.10. The molecule has 0 atom stereocenters. The first kappa shape index (κ1) is 12.8. The van der Waals surface area contributed by atoms with Gasteiger partial charge in [0.1, 0.15) is 11.5 Å². The minimum absolute atomic E-state index is 0.118. The van der Waals surface area contributed by atoms with Crippen LogP contribution in [0.3, 0.4) is 0 Å². The second-order valence-corrected chi connectivity index (χ2v) is 3.75. The van der Waals surface area contributed by atoms with Gasteiger partial charge >= 0.3 is 6.18 Å². The summed E-state index contributed by atoms with van der Waals surface area (Å²) in [6.45, 7) is 1.22. The molecule has 16 heavy (non-hydrogen) atoms. The van der Waals surface area contributed by atoms with Crippen LogP contribution in [0, 0.1) is 0 Å². The van der Waals surface area contributed by atoms with Crippen molar-refractivity contribution in [3.63, 3.8) is 0 Å². The van der Waals surface area contributed by atoms with Crippen LogP contribution >= 0.6 is 11.6 Å². The van der Waals surface area contributed by atoms with Crippen molar-refractivity contribution in [3.05, 3.63) is 28.3 Å². The molecule has 0 amide bonds. The minimum Gasteiger partial charge on any atom is -0.506 e. The average molecular weight is 253 g/mol. The molecule has 0 aromatic heterocycles. The standard InChI is InChI=1S/C10H8ClF3O2/c1-5(15)2-6-3-7(10(12,13)14)4-8(11)9(6)16/h3-4,16H,2H2,1H3. The largest absolute Gasteiger partial charge is 0.506 e. The molecular formula is C10H8ClF3O2. The summed E-state index contributed by atoms with van der Waals surface area (Å²) in [5, 5.41) is 8.97. The number of phenolic OH excluding ortho intramolecular Hbond substituents is 1. The van der Waals surface area contributed by atoms with E-state index in [2.05, 4.69) is 0 Å². The number of aromatic hydroxyl groups is 1. The van der Waals surface area contributed by atoms with Gasteiger partial charge in [0.15, 0.2) is 0 Å². The molecule has 0 aliphatic rings. The molecule has 1 aromatic rings. The van der Waals surface area contributed by atoms with E-state index < -0.39 is 22.5 Å². The molecule has 0 radical (unpaired) electrons. The maximum absolute atomic E-state index is 12.4. The number of carbonyl (C=O) groups excluding carboxylic acids is 1. The summed E-state index contributed by atoms with van der Waals surface area (Å²) in [5.74, 6) is -0.837. The maximum atomic E-state index is 12.4. The van der Waals surface area contributed by atoms with Crippen molar-refractivity contribution in [2.75, 3.05) is 0 Å². The number of rotatable bonds is 2. The predicted octanol–water partition coefficient (Wildman–Crippen LogP) is 3.20. The van der Waals surface area contributed by atoms with E-state index in [4.69, 9.17) is 11.6 Å². The van der Waals surface area contributed by atoms with Gasteiger partial charge in [0, 0.05) is 12.0 Å². The third-order valence-corrected chi connectivity index (χ3v) is 2.20. The number of ketones is 1. The molecule has 6 heteroatoms. The van der Waals surface area contributed by atoms with Crippen LogP contribution in [0.15, 0.2) is 12.1 Å². The SMILES string of the molecule is CC(=O)Cc1cc(C(F)(F)F)cc(Cl)c1O. The van der Waals surface area contributed by atoms with Gasteiger partial charge in [-0.15, -0.1) is 0 Å². The van der Waals surface area contributed by atoms with Crippen LogP contribution in [0.2, 0.25) is 5.02 Å². The molecule has 2 nitrogen and oxygen atoms in total. The molecule has 0 bridgehead atoms. The van der Waals surface area contributed by atoms with Crippen LogP contribution in [-0.2, 0) is 17.4 Å². The number of halogens is 4. The fraction of sp³-hybridized carbons (Fsp3) is 0.300.